The topological polar surface area (TPSA) is 78.4 Å². The second-order valence-corrected chi connectivity index (χ2v) is 7.63. The Kier molecular flexibility index (Phi) is 5.39. The van der Waals surface area contributed by atoms with E-state index >= 15 is 0 Å². The molecule has 2 aromatic heterocycles. The van der Waals surface area contributed by atoms with Crippen molar-refractivity contribution in [3.63, 3.8) is 0 Å². The van der Waals surface area contributed by atoms with Crippen molar-refractivity contribution in [1.82, 2.24) is 20.2 Å². The number of nitrogens with one attached hydrogen (secondary N) is 1. The lowest BCUT2D eigenvalue weighted by Crippen LogP contribution is -2.49. The molecule has 27 heavy (non-hydrogen) atoms. The van der Waals surface area contributed by atoms with Gasteiger partial charge >= 0.3 is 0 Å². The van der Waals surface area contributed by atoms with Gasteiger partial charge in [0.1, 0.15) is 5.82 Å². The van der Waals surface area contributed by atoms with Crippen LogP contribution in [0.3, 0.4) is 0 Å². The van der Waals surface area contributed by atoms with E-state index < -0.39 is 0 Å². The maximum Gasteiger partial charge on any atom is 0.255 e. The van der Waals surface area contributed by atoms with E-state index in [4.69, 9.17) is 0 Å². The molecule has 0 radical (unpaired) electrons. The minimum absolute atomic E-state index is 0.103. The van der Waals surface area contributed by atoms with Crippen LogP contribution >= 0.6 is 0 Å². The summed E-state index contributed by atoms with van der Waals surface area (Å²) in [5, 5.41) is 2.89. The number of carbonyl (C=O) groups is 2. The van der Waals surface area contributed by atoms with Crippen molar-refractivity contribution < 1.29 is 9.59 Å². The van der Waals surface area contributed by atoms with Crippen LogP contribution in [0.4, 0.5) is 5.82 Å². The molecule has 2 aromatic rings. The number of pyridine rings is 2. The van der Waals surface area contributed by atoms with Crippen molar-refractivity contribution in [2.75, 3.05) is 31.1 Å². The summed E-state index contributed by atoms with van der Waals surface area (Å²) < 4.78 is 0. The Labute approximate surface area is 159 Å². The van der Waals surface area contributed by atoms with Crippen molar-refractivity contribution in [3.05, 3.63) is 54.0 Å². The van der Waals surface area contributed by atoms with Crippen LogP contribution in [0.2, 0.25) is 0 Å². The highest BCUT2D eigenvalue weighted by Crippen LogP contribution is 2.15. The SMILES string of the molecule is CC(C)(C)NC(=O)c1cncc(C(=O)N2CCN(c3ccccn3)CC2)c1. The molecule has 0 atom stereocenters. The van der Waals surface area contributed by atoms with E-state index in [-0.39, 0.29) is 17.4 Å². The molecule has 7 nitrogen and oxygen atoms in total. The highest BCUT2D eigenvalue weighted by Gasteiger charge is 2.24. The lowest BCUT2D eigenvalue weighted by Gasteiger charge is -2.35. The van der Waals surface area contributed by atoms with Crippen LogP contribution in [-0.2, 0) is 0 Å². The van der Waals surface area contributed by atoms with Crippen LogP contribution in [-0.4, -0.2) is 58.4 Å². The Balaban J connectivity index is 1.65. The lowest BCUT2D eigenvalue weighted by atomic mass is 10.1. The van der Waals surface area contributed by atoms with Crippen molar-refractivity contribution >= 4 is 17.6 Å². The van der Waals surface area contributed by atoms with Gasteiger partial charge in [-0.25, -0.2) is 4.98 Å². The van der Waals surface area contributed by atoms with E-state index in [0.29, 0.717) is 24.2 Å². The molecule has 0 unspecified atom stereocenters. The summed E-state index contributed by atoms with van der Waals surface area (Å²) >= 11 is 0. The Morgan fingerprint density at radius 1 is 1.04 bits per heavy atom. The molecule has 1 fully saturated rings. The number of anilines is 1. The van der Waals surface area contributed by atoms with Crippen molar-refractivity contribution in [3.8, 4) is 0 Å². The summed E-state index contributed by atoms with van der Waals surface area (Å²) in [4.78, 5) is 37.5. The summed E-state index contributed by atoms with van der Waals surface area (Å²) in [5.41, 5.74) is 0.476. The number of carbonyl (C=O) groups excluding carboxylic acids is 2. The molecule has 3 heterocycles. The first kappa shape index (κ1) is 18.8. The Bertz CT molecular complexity index is 809. The Morgan fingerprint density at radius 3 is 2.37 bits per heavy atom. The van der Waals surface area contributed by atoms with Crippen molar-refractivity contribution in [2.45, 2.75) is 26.3 Å². The number of aromatic nitrogens is 2. The highest BCUT2D eigenvalue weighted by atomic mass is 16.2. The van der Waals surface area contributed by atoms with Gasteiger partial charge in [0.15, 0.2) is 0 Å². The molecule has 0 saturated carbocycles. The second-order valence-electron chi connectivity index (χ2n) is 7.63. The first-order chi connectivity index (χ1) is 12.8. The second kappa shape index (κ2) is 7.73. The van der Waals surface area contributed by atoms with E-state index in [1.165, 1.54) is 12.4 Å². The molecular formula is C20H25N5O2. The predicted octanol–water partition coefficient (Wildman–Crippen LogP) is 1.97. The molecule has 1 aliphatic rings. The summed E-state index contributed by atoms with van der Waals surface area (Å²) in [7, 11) is 0. The fraction of sp³-hybridized carbons (Fsp3) is 0.400. The summed E-state index contributed by atoms with van der Waals surface area (Å²) in [5.74, 6) is 0.588. The van der Waals surface area contributed by atoms with Crippen LogP contribution in [0.5, 0.6) is 0 Å². The van der Waals surface area contributed by atoms with E-state index in [2.05, 4.69) is 20.2 Å². The Morgan fingerprint density at radius 2 is 1.74 bits per heavy atom. The molecule has 0 spiro atoms. The fourth-order valence-corrected chi connectivity index (χ4v) is 2.96. The normalized spacial score (nSPS) is 14.8. The zero-order chi connectivity index (χ0) is 19.4. The maximum atomic E-state index is 12.8. The van der Waals surface area contributed by atoms with Gasteiger partial charge in [-0.05, 0) is 39.0 Å². The van der Waals surface area contributed by atoms with Gasteiger partial charge in [0.05, 0.1) is 11.1 Å². The molecule has 142 valence electrons. The van der Waals surface area contributed by atoms with Gasteiger partial charge in [-0.15, -0.1) is 0 Å². The first-order valence-corrected chi connectivity index (χ1v) is 9.06. The maximum absolute atomic E-state index is 12.8. The van der Waals surface area contributed by atoms with E-state index in [0.717, 1.165) is 18.9 Å². The van der Waals surface area contributed by atoms with Gasteiger partial charge in [-0.1, -0.05) is 6.07 Å². The largest absolute Gasteiger partial charge is 0.353 e. The van der Waals surface area contributed by atoms with E-state index in [1.807, 2.05) is 39.0 Å². The van der Waals surface area contributed by atoms with Crippen LogP contribution in [0.15, 0.2) is 42.9 Å². The Hall–Kier alpha value is -2.96. The van der Waals surface area contributed by atoms with Crippen molar-refractivity contribution in [2.24, 2.45) is 0 Å². The molecule has 1 aliphatic heterocycles. The fourth-order valence-electron chi connectivity index (χ4n) is 2.96. The zero-order valence-electron chi connectivity index (χ0n) is 16.0. The first-order valence-electron chi connectivity index (χ1n) is 9.06. The third-order valence-electron chi connectivity index (χ3n) is 4.28. The number of rotatable bonds is 3. The third-order valence-corrected chi connectivity index (χ3v) is 4.28. The summed E-state index contributed by atoms with van der Waals surface area (Å²) in [6.07, 6.45) is 4.77. The molecule has 0 aliphatic carbocycles. The smallest absolute Gasteiger partial charge is 0.255 e. The van der Waals surface area contributed by atoms with Gasteiger partial charge in [-0.3, -0.25) is 14.6 Å². The highest BCUT2D eigenvalue weighted by molar-refractivity contribution is 5.99. The number of hydrogen-bond donors (Lipinski definition) is 1. The van der Waals surface area contributed by atoms with Gasteiger partial charge < -0.3 is 15.1 Å². The van der Waals surface area contributed by atoms with Gasteiger partial charge in [-0.2, -0.15) is 0 Å². The number of amides is 2. The molecule has 0 aromatic carbocycles. The molecule has 1 N–H and O–H groups in total. The average Bonchev–Trinajstić information content (AvgIpc) is 2.67. The van der Waals surface area contributed by atoms with E-state index in [9.17, 15) is 9.59 Å². The zero-order valence-corrected chi connectivity index (χ0v) is 16.0. The molecule has 0 bridgehead atoms. The predicted molar refractivity (Wildman–Crippen MR) is 104 cm³/mol. The minimum Gasteiger partial charge on any atom is -0.353 e. The van der Waals surface area contributed by atoms with Crippen LogP contribution in [0.25, 0.3) is 0 Å². The standard InChI is InChI=1S/C20H25N5O2/c1-20(2,3)23-18(26)15-12-16(14-21-13-15)19(27)25-10-8-24(9-11-25)17-6-4-5-7-22-17/h4-7,12-14H,8-11H2,1-3H3,(H,23,26). The van der Waals surface area contributed by atoms with Crippen LogP contribution in [0.1, 0.15) is 41.5 Å². The van der Waals surface area contributed by atoms with E-state index in [1.54, 1.807) is 17.2 Å². The van der Waals surface area contributed by atoms with Crippen LogP contribution < -0.4 is 10.2 Å². The van der Waals surface area contributed by atoms with Crippen LogP contribution in [0, 0.1) is 0 Å². The molecule has 2 amide bonds. The lowest BCUT2D eigenvalue weighted by molar-refractivity contribution is 0.0746. The minimum atomic E-state index is -0.348. The average molecular weight is 367 g/mol. The molecule has 3 rings (SSSR count). The van der Waals surface area contributed by atoms with Gasteiger partial charge in [0.25, 0.3) is 11.8 Å². The quantitative estimate of drug-likeness (QED) is 0.897. The van der Waals surface area contributed by atoms with Gasteiger partial charge in [0.2, 0.25) is 0 Å². The van der Waals surface area contributed by atoms with Crippen molar-refractivity contribution in [1.29, 1.82) is 0 Å². The number of nitrogens with zero attached hydrogens (tertiary/aromatic N) is 4. The molecule has 7 heteroatoms. The number of hydrogen-bond acceptors (Lipinski definition) is 5. The van der Waals surface area contributed by atoms with Gasteiger partial charge in [0, 0.05) is 50.3 Å². The summed E-state index contributed by atoms with van der Waals surface area (Å²) in [6.45, 7) is 8.39. The monoisotopic (exact) mass is 367 g/mol. The molecular weight excluding hydrogens is 342 g/mol. The summed E-state index contributed by atoms with van der Waals surface area (Å²) in [6, 6.07) is 7.43. The third kappa shape index (κ3) is 4.81. The number of piperazine rings is 1. The molecule has 1 saturated heterocycles.